The largest absolute Gasteiger partial charge is 0.423 e. The first kappa shape index (κ1) is 26.2. The second-order valence-corrected chi connectivity index (χ2v) is 10.4. The fraction of sp³-hybridized carbons (Fsp3) is 0.121. The molecule has 0 saturated carbocycles. The van der Waals surface area contributed by atoms with E-state index >= 15 is 0 Å². The first-order valence-electron chi connectivity index (χ1n) is 12.3. The van der Waals surface area contributed by atoms with Gasteiger partial charge < -0.3 is 9.47 Å². The van der Waals surface area contributed by atoms with E-state index in [1.807, 2.05) is 66.9 Å². The van der Waals surface area contributed by atoms with E-state index in [1.165, 1.54) is 0 Å². The van der Waals surface area contributed by atoms with E-state index in [1.54, 1.807) is 37.7 Å². The van der Waals surface area contributed by atoms with Gasteiger partial charge in [0.05, 0.1) is 0 Å². The van der Waals surface area contributed by atoms with Crippen molar-refractivity contribution < 1.29 is 23.9 Å². The third kappa shape index (κ3) is 4.68. The van der Waals surface area contributed by atoms with Crippen molar-refractivity contribution in [2.75, 3.05) is 6.26 Å². The SMILES string of the molecule is C=C(C)C(=O)Oc1cc(C2c3ccccc3C(=O)c3cc(SC)ccc32)c(OC(=O)C(=C)C)c2ccccc12. The van der Waals surface area contributed by atoms with Crippen LogP contribution in [0.3, 0.4) is 0 Å². The molecule has 6 heteroatoms. The van der Waals surface area contributed by atoms with Gasteiger partial charge in [-0.1, -0.05) is 67.8 Å². The first-order valence-corrected chi connectivity index (χ1v) is 13.6. The number of ketones is 1. The zero-order valence-corrected chi connectivity index (χ0v) is 22.7. The molecule has 0 amide bonds. The maximum atomic E-state index is 13.6. The topological polar surface area (TPSA) is 69.7 Å². The Balaban J connectivity index is 1.87. The fourth-order valence-corrected chi connectivity index (χ4v) is 5.27. The van der Waals surface area contributed by atoms with Gasteiger partial charge >= 0.3 is 11.9 Å². The van der Waals surface area contributed by atoms with Gasteiger partial charge in [0, 0.05) is 49.4 Å². The van der Waals surface area contributed by atoms with E-state index in [0.29, 0.717) is 39.0 Å². The highest BCUT2D eigenvalue weighted by Gasteiger charge is 2.35. The van der Waals surface area contributed by atoms with Gasteiger partial charge in [0.15, 0.2) is 5.78 Å². The molecule has 39 heavy (non-hydrogen) atoms. The maximum Gasteiger partial charge on any atom is 0.338 e. The molecule has 0 saturated heterocycles. The molecule has 5 nitrogen and oxygen atoms in total. The zero-order valence-electron chi connectivity index (χ0n) is 21.9. The zero-order chi connectivity index (χ0) is 27.8. The summed E-state index contributed by atoms with van der Waals surface area (Å²) in [6, 6.07) is 22.2. The van der Waals surface area contributed by atoms with E-state index in [2.05, 4.69) is 13.2 Å². The van der Waals surface area contributed by atoms with E-state index in [4.69, 9.17) is 9.47 Å². The Morgan fingerprint density at radius 1 is 0.744 bits per heavy atom. The summed E-state index contributed by atoms with van der Waals surface area (Å²) in [5.74, 6) is -1.07. The lowest BCUT2D eigenvalue weighted by molar-refractivity contribution is -0.131. The number of thioether (sulfide) groups is 1. The maximum absolute atomic E-state index is 13.6. The summed E-state index contributed by atoms with van der Waals surface area (Å²) in [6.45, 7) is 10.6. The summed E-state index contributed by atoms with van der Waals surface area (Å²) in [6.07, 6.45) is 1.96. The number of hydrogen-bond acceptors (Lipinski definition) is 6. The van der Waals surface area contributed by atoms with E-state index in [0.717, 1.165) is 16.0 Å². The quantitative estimate of drug-likeness (QED) is 0.0989. The highest BCUT2D eigenvalue weighted by molar-refractivity contribution is 7.98. The number of ether oxygens (including phenoxy) is 2. The molecule has 1 atom stereocenters. The molecule has 0 bridgehead atoms. The highest BCUT2D eigenvalue weighted by atomic mass is 32.2. The normalized spacial score (nSPS) is 13.8. The summed E-state index contributed by atoms with van der Waals surface area (Å²) >= 11 is 1.55. The second-order valence-electron chi connectivity index (χ2n) is 9.48. The van der Waals surface area contributed by atoms with Gasteiger partial charge in [-0.3, -0.25) is 4.79 Å². The standard InChI is InChI=1S/C33H26O5S/c1-18(2)32(35)37-28-17-27(31(38-33(36)19(3)4)25-13-9-6-10-21(25)28)29-22-11-7-8-12-24(22)30(34)26-16-20(39-5)14-15-23(26)29/h6-17,29H,1,3H2,2,4-5H3. The molecule has 0 spiro atoms. The third-order valence-electron chi connectivity index (χ3n) is 6.72. The van der Waals surface area contributed by atoms with Crippen molar-refractivity contribution in [1.82, 2.24) is 0 Å². The predicted octanol–water partition coefficient (Wildman–Crippen LogP) is 7.25. The molecule has 0 N–H and O–H groups in total. The molecule has 1 aliphatic rings. The molecule has 5 rings (SSSR count). The average molecular weight is 535 g/mol. The number of hydrogen-bond donors (Lipinski definition) is 0. The number of rotatable bonds is 6. The number of esters is 2. The molecule has 0 heterocycles. The first-order chi connectivity index (χ1) is 18.7. The van der Waals surface area contributed by atoms with Gasteiger partial charge in [-0.15, -0.1) is 11.8 Å². The minimum Gasteiger partial charge on any atom is -0.423 e. The van der Waals surface area contributed by atoms with Crippen LogP contribution in [0.1, 0.15) is 52.4 Å². The van der Waals surface area contributed by atoms with Gasteiger partial charge in [-0.25, -0.2) is 9.59 Å². The molecule has 1 aliphatic carbocycles. The van der Waals surface area contributed by atoms with Gasteiger partial charge in [-0.05, 0) is 49.4 Å². The van der Waals surface area contributed by atoms with Crippen LogP contribution < -0.4 is 9.47 Å². The summed E-state index contributed by atoms with van der Waals surface area (Å²) in [5.41, 5.74) is 3.78. The smallest absolute Gasteiger partial charge is 0.338 e. The van der Waals surface area contributed by atoms with Crippen LogP contribution in [-0.2, 0) is 9.59 Å². The van der Waals surface area contributed by atoms with Crippen molar-refractivity contribution >= 4 is 40.3 Å². The van der Waals surface area contributed by atoms with Crippen LogP contribution in [0.5, 0.6) is 11.5 Å². The van der Waals surface area contributed by atoms with Crippen LogP contribution in [0, 0.1) is 0 Å². The minimum atomic E-state index is -0.578. The Hall–Kier alpha value is -4.42. The lowest BCUT2D eigenvalue weighted by Crippen LogP contribution is -2.22. The summed E-state index contributed by atoms with van der Waals surface area (Å²) < 4.78 is 11.8. The van der Waals surface area contributed by atoms with Crippen molar-refractivity contribution in [2.45, 2.75) is 24.7 Å². The third-order valence-corrected chi connectivity index (χ3v) is 7.45. The highest BCUT2D eigenvalue weighted by Crippen LogP contribution is 2.49. The van der Waals surface area contributed by atoms with Crippen molar-refractivity contribution in [3.63, 3.8) is 0 Å². The van der Waals surface area contributed by atoms with Gasteiger partial charge in [0.1, 0.15) is 11.5 Å². The number of benzene rings is 4. The molecule has 0 fully saturated rings. The van der Waals surface area contributed by atoms with Crippen LogP contribution >= 0.6 is 11.8 Å². The molecule has 4 aromatic carbocycles. The summed E-state index contributed by atoms with van der Waals surface area (Å²) in [7, 11) is 0. The van der Waals surface area contributed by atoms with Gasteiger partial charge in [0.25, 0.3) is 0 Å². The van der Waals surface area contributed by atoms with E-state index in [9.17, 15) is 14.4 Å². The molecule has 0 aromatic heterocycles. The van der Waals surface area contributed by atoms with E-state index in [-0.39, 0.29) is 16.9 Å². The molecular formula is C33H26O5S. The molecular weight excluding hydrogens is 508 g/mol. The Kier molecular flexibility index (Phi) is 6.98. The van der Waals surface area contributed by atoms with Crippen LogP contribution in [0.15, 0.2) is 102 Å². The monoisotopic (exact) mass is 534 g/mol. The van der Waals surface area contributed by atoms with Crippen molar-refractivity contribution in [3.05, 3.63) is 125 Å². The molecule has 4 aromatic rings. The molecule has 0 aliphatic heterocycles. The lowest BCUT2D eigenvalue weighted by Gasteiger charge is -2.30. The molecule has 194 valence electrons. The summed E-state index contributed by atoms with van der Waals surface area (Å²) in [5, 5.41) is 1.18. The Morgan fingerprint density at radius 3 is 2.05 bits per heavy atom. The predicted molar refractivity (Wildman–Crippen MR) is 154 cm³/mol. The van der Waals surface area contributed by atoms with Crippen LogP contribution in [-0.4, -0.2) is 24.0 Å². The minimum absolute atomic E-state index is 0.0667. The Bertz CT molecular complexity index is 1720. The van der Waals surface area contributed by atoms with Gasteiger partial charge in [-0.2, -0.15) is 0 Å². The summed E-state index contributed by atoms with van der Waals surface area (Å²) in [4.78, 5) is 40.1. The second kappa shape index (κ2) is 10.4. The van der Waals surface area contributed by atoms with Crippen molar-refractivity contribution in [3.8, 4) is 11.5 Å². The average Bonchev–Trinajstić information content (AvgIpc) is 2.94. The number of fused-ring (bicyclic) bond motifs is 3. The lowest BCUT2D eigenvalue weighted by atomic mass is 9.73. The molecule has 0 radical (unpaired) electrons. The molecule has 1 unspecified atom stereocenters. The van der Waals surface area contributed by atoms with Crippen molar-refractivity contribution in [2.24, 2.45) is 0 Å². The van der Waals surface area contributed by atoms with Crippen LogP contribution in [0.25, 0.3) is 10.8 Å². The van der Waals surface area contributed by atoms with E-state index < -0.39 is 17.9 Å². The number of carbonyl (C=O) groups is 3. The Morgan fingerprint density at radius 2 is 1.36 bits per heavy atom. The van der Waals surface area contributed by atoms with Gasteiger partial charge in [0.2, 0.25) is 0 Å². The Labute approximate surface area is 231 Å². The van der Waals surface area contributed by atoms with Crippen molar-refractivity contribution in [1.29, 1.82) is 0 Å². The van der Waals surface area contributed by atoms with Crippen LogP contribution in [0.4, 0.5) is 0 Å². The van der Waals surface area contributed by atoms with Crippen LogP contribution in [0.2, 0.25) is 0 Å². The fourth-order valence-electron chi connectivity index (χ4n) is 4.83. The number of carbonyl (C=O) groups excluding carboxylic acids is 3.